The molecular formula is C21H24N4O3. The molecular weight excluding hydrogens is 356 g/mol. The molecule has 0 aliphatic carbocycles. The van der Waals surface area contributed by atoms with Crippen molar-refractivity contribution in [2.24, 2.45) is 0 Å². The van der Waals surface area contributed by atoms with Crippen molar-refractivity contribution in [2.75, 3.05) is 26.2 Å². The number of carbonyl (C=O) groups is 2. The van der Waals surface area contributed by atoms with E-state index in [1.165, 1.54) is 0 Å². The summed E-state index contributed by atoms with van der Waals surface area (Å²) in [4.78, 5) is 32.3. The second-order valence-electron chi connectivity index (χ2n) is 7.06. The lowest BCUT2D eigenvalue weighted by Gasteiger charge is -2.46. The van der Waals surface area contributed by atoms with Crippen LogP contribution in [-0.4, -0.2) is 54.2 Å². The van der Waals surface area contributed by atoms with E-state index in [-0.39, 0.29) is 12.0 Å². The van der Waals surface area contributed by atoms with Crippen LogP contribution in [0.2, 0.25) is 0 Å². The van der Waals surface area contributed by atoms with E-state index in [9.17, 15) is 9.59 Å². The van der Waals surface area contributed by atoms with Gasteiger partial charge in [-0.15, -0.1) is 0 Å². The van der Waals surface area contributed by atoms with E-state index in [0.717, 1.165) is 25.9 Å². The number of nitrogens with zero attached hydrogens (tertiary/aromatic N) is 2. The molecule has 2 amide bonds. The standard InChI is InChI=1S/C21H24N4O3/c26-19-21(16-5-2-1-3-6-16,17-7-4-10-23-15-17)25(14-13-24-19)20(27)28-18-8-11-22-12-9-18/h1-7,10,15,18,22H,8-9,11-14H2,(H,24,26). The number of amides is 2. The second-order valence-corrected chi connectivity index (χ2v) is 7.06. The van der Waals surface area contributed by atoms with Gasteiger partial charge in [-0.25, -0.2) is 4.79 Å². The van der Waals surface area contributed by atoms with Crippen LogP contribution in [0.1, 0.15) is 24.0 Å². The molecule has 146 valence electrons. The fourth-order valence-electron chi connectivity index (χ4n) is 4.04. The summed E-state index contributed by atoms with van der Waals surface area (Å²) >= 11 is 0. The molecule has 4 rings (SSSR count). The topological polar surface area (TPSA) is 83.6 Å². The normalized spacial score (nSPS) is 23.1. The zero-order chi connectivity index (χ0) is 19.4. The molecule has 2 N–H and O–H groups in total. The third-order valence-corrected chi connectivity index (χ3v) is 5.40. The zero-order valence-corrected chi connectivity index (χ0v) is 15.6. The van der Waals surface area contributed by atoms with E-state index in [1.54, 1.807) is 23.4 Å². The number of ether oxygens (including phenoxy) is 1. The second kappa shape index (κ2) is 7.98. The highest BCUT2D eigenvalue weighted by molar-refractivity contribution is 5.95. The van der Waals surface area contributed by atoms with Crippen LogP contribution in [0.4, 0.5) is 4.79 Å². The zero-order valence-electron chi connectivity index (χ0n) is 15.6. The number of benzene rings is 1. The van der Waals surface area contributed by atoms with Crippen LogP contribution < -0.4 is 10.6 Å². The summed E-state index contributed by atoms with van der Waals surface area (Å²) in [5.74, 6) is -0.250. The largest absolute Gasteiger partial charge is 0.446 e. The molecule has 3 heterocycles. The van der Waals surface area contributed by atoms with Crippen molar-refractivity contribution >= 4 is 12.0 Å². The first kappa shape index (κ1) is 18.4. The van der Waals surface area contributed by atoms with Crippen LogP contribution in [0, 0.1) is 0 Å². The Kier molecular flexibility index (Phi) is 5.25. The predicted octanol–water partition coefficient (Wildman–Crippen LogP) is 1.65. The lowest BCUT2D eigenvalue weighted by atomic mass is 9.80. The van der Waals surface area contributed by atoms with E-state index in [1.807, 2.05) is 36.4 Å². The van der Waals surface area contributed by atoms with Gasteiger partial charge in [-0.3, -0.25) is 14.7 Å². The maximum absolute atomic E-state index is 13.3. The Hall–Kier alpha value is -2.93. The highest BCUT2D eigenvalue weighted by Gasteiger charge is 2.52. The maximum Gasteiger partial charge on any atom is 0.411 e. The van der Waals surface area contributed by atoms with Crippen molar-refractivity contribution in [1.29, 1.82) is 0 Å². The van der Waals surface area contributed by atoms with Crippen molar-refractivity contribution in [1.82, 2.24) is 20.5 Å². The van der Waals surface area contributed by atoms with Gasteiger partial charge in [0, 0.05) is 31.0 Å². The third-order valence-electron chi connectivity index (χ3n) is 5.40. The number of aromatic nitrogens is 1. The summed E-state index contributed by atoms with van der Waals surface area (Å²) in [7, 11) is 0. The summed E-state index contributed by atoms with van der Waals surface area (Å²) in [5.41, 5.74) is 0.0423. The molecule has 1 unspecified atom stereocenters. The summed E-state index contributed by atoms with van der Waals surface area (Å²) in [6, 6.07) is 13.0. The predicted molar refractivity (Wildman–Crippen MR) is 104 cm³/mol. The molecule has 1 aromatic heterocycles. The van der Waals surface area contributed by atoms with Gasteiger partial charge in [-0.2, -0.15) is 0 Å². The number of rotatable bonds is 3. The van der Waals surface area contributed by atoms with Gasteiger partial charge in [0.05, 0.1) is 0 Å². The molecule has 28 heavy (non-hydrogen) atoms. The first-order chi connectivity index (χ1) is 13.7. The summed E-state index contributed by atoms with van der Waals surface area (Å²) < 4.78 is 5.82. The number of hydrogen-bond acceptors (Lipinski definition) is 5. The Morgan fingerprint density at radius 3 is 2.54 bits per heavy atom. The maximum atomic E-state index is 13.3. The van der Waals surface area contributed by atoms with Crippen molar-refractivity contribution in [3.05, 3.63) is 66.0 Å². The number of pyridine rings is 1. The summed E-state index contributed by atoms with van der Waals surface area (Å²) in [6.45, 7) is 2.39. The van der Waals surface area contributed by atoms with E-state index in [4.69, 9.17) is 4.74 Å². The molecule has 0 bridgehead atoms. The van der Waals surface area contributed by atoms with Crippen molar-refractivity contribution in [2.45, 2.75) is 24.5 Å². The van der Waals surface area contributed by atoms with Gasteiger partial charge in [0.1, 0.15) is 6.10 Å². The number of piperazine rings is 1. The van der Waals surface area contributed by atoms with Crippen molar-refractivity contribution < 1.29 is 14.3 Å². The average Bonchev–Trinajstić information content (AvgIpc) is 2.75. The highest BCUT2D eigenvalue weighted by atomic mass is 16.6. The van der Waals surface area contributed by atoms with Crippen LogP contribution >= 0.6 is 0 Å². The molecule has 2 aromatic rings. The van der Waals surface area contributed by atoms with Gasteiger partial charge < -0.3 is 15.4 Å². The Morgan fingerprint density at radius 2 is 1.82 bits per heavy atom. The fourth-order valence-corrected chi connectivity index (χ4v) is 4.04. The number of carbonyl (C=O) groups excluding carboxylic acids is 2. The van der Waals surface area contributed by atoms with Gasteiger partial charge in [0.2, 0.25) is 0 Å². The lowest BCUT2D eigenvalue weighted by molar-refractivity contribution is -0.134. The molecule has 2 aliphatic heterocycles. The summed E-state index contributed by atoms with van der Waals surface area (Å²) in [5, 5.41) is 6.20. The quantitative estimate of drug-likeness (QED) is 0.846. The molecule has 0 radical (unpaired) electrons. The Morgan fingerprint density at radius 1 is 1.07 bits per heavy atom. The average molecular weight is 380 g/mol. The SMILES string of the molecule is O=C(OC1CCNCC1)N1CCNC(=O)C1(c1ccccc1)c1cccnc1. The van der Waals surface area contributed by atoms with Gasteiger partial charge in [0.25, 0.3) is 5.91 Å². The molecule has 1 atom stereocenters. The molecule has 7 heteroatoms. The number of piperidine rings is 1. The van der Waals surface area contributed by atoms with Gasteiger partial charge >= 0.3 is 6.09 Å². The van der Waals surface area contributed by atoms with Crippen LogP contribution in [0.5, 0.6) is 0 Å². The molecule has 1 aromatic carbocycles. The molecule has 0 saturated carbocycles. The minimum atomic E-state index is -1.31. The Balaban J connectivity index is 1.78. The van der Waals surface area contributed by atoms with Crippen LogP contribution in [0.3, 0.4) is 0 Å². The van der Waals surface area contributed by atoms with E-state index in [2.05, 4.69) is 15.6 Å². The minimum absolute atomic E-state index is 0.138. The first-order valence-electron chi connectivity index (χ1n) is 9.66. The first-order valence-corrected chi connectivity index (χ1v) is 9.66. The van der Waals surface area contributed by atoms with E-state index < -0.39 is 11.6 Å². The van der Waals surface area contributed by atoms with Crippen LogP contribution in [0.25, 0.3) is 0 Å². The van der Waals surface area contributed by atoms with Crippen LogP contribution in [-0.2, 0) is 15.1 Å². The lowest BCUT2D eigenvalue weighted by Crippen LogP contribution is -2.65. The molecule has 7 nitrogen and oxygen atoms in total. The highest BCUT2D eigenvalue weighted by Crippen LogP contribution is 2.38. The Labute approximate surface area is 164 Å². The molecule has 2 fully saturated rings. The van der Waals surface area contributed by atoms with Crippen molar-refractivity contribution in [3.8, 4) is 0 Å². The molecule has 0 spiro atoms. The van der Waals surface area contributed by atoms with E-state index in [0.29, 0.717) is 24.2 Å². The smallest absolute Gasteiger partial charge is 0.411 e. The monoisotopic (exact) mass is 380 g/mol. The molecule has 2 saturated heterocycles. The summed E-state index contributed by atoms with van der Waals surface area (Å²) in [6.07, 6.45) is 4.24. The minimum Gasteiger partial charge on any atom is -0.446 e. The van der Waals surface area contributed by atoms with Crippen molar-refractivity contribution in [3.63, 3.8) is 0 Å². The number of hydrogen-bond donors (Lipinski definition) is 2. The van der Waals surface area contributed by atoms with Gasteiger partial charge in [0.15, 0.2) is 5.54 Å². The van der Waals surface area contributed by atoms with Gasteiger partial charge in [-0.1, -0.05) is 36.4 Å². The van der Waals surface area contributed by atoms with Gasteiger partial charge in [-0.05, 0) is 37.6 Å². The third kappa shape index (κ3) is 3.22. The Bertz CT molecular complexity index is 783. The van der Waals surface area contributed by atoms with Crippen LogP contribution in [0.15, 0.2) is 54.9 Å². The number of nitrogens with one attached hydrogen (secondary N) is 2. The van der Waals surface area contributed by atoms with E-state index >= 15 is 0 Å². The fraction of sp³-hybridized carbons (Fsp3) is 0.381. The molecule has 2 aliphatic rings.